The van der Waals surface area contributed by atoms with Crippen molar-refractivity contribution >= 4 is 11.9 Å². The van der Waals surface area contributed by atoms with E-state index in [2.05, 4.69) is 16.0 Å². The van der Waals surface area contributed by atoms with E-state index in [4.69, 9.17) is 9.72 Å². The van der Waals surface area contributed by atoms with Crippen LogP contribution in [0, 0.1) is 11.8 Å². The number of aromatic nitrogens is 2. The van der Waals surface area contributed by atoms with Crippen molar-refractivity contribution < 1.29 is 9.53 Å². The Hall–Kier alpha value is -2.15. The van der Waals surface area contributed by atoms with Gasteiger partial charge in [-0.1, -0.05) is 12.2 Å². The van der Waals surface area contributed by atoms with Gasteiger partial charge in [0, 0.05) is 37.7 Å². The number of likely N-dealkylation sites (tertiary alicyclic amines) is 1. The van der Waals surface area contributed by atoms with E-state index in [1.807, 2.05) is 11.0 Å². The highest BCUT2D eigenvalue weighted by Gasteiger charge is 2.47. The Morgan fingerprint density at radius 1 is 1.21 bits per heavy atom. The standard InChI is InChI=1S/C21H26N4O3/c26-19-14-5-3-12-10-25(20(27)15-9-13-4-6-17(15)28-13)11-16(12)18(14)22-21(23-19)24-7-1-2-8-24/h4,6,12-13,15-17H,1-3,5,7-11H2,(H,22,23,26)/t12-,13-,15-,16+,17+/m1/s1. The van der Waals surface area contributed by atoms with E-state index >= 15 is 0 Å². The lowest BCUT2D eigenvalue weighted by Crippen LogP contribution is -2.38. The summed E-state index contributed by atoms with van der Waals surface area (Å²) < 4.78 is 5.81. The van der Waals surface area contributed by atoms with Crippen LogP contribution in [0.3, 0.4) is 0 Å². The number of carbonyl (C=O) groups excluding carboxylic acids is 1. The van der Waals surface area contributed by atoms with E-state index in [-0.39, 0.29) is 35.5 Å². The zero-order valence-corrected chi connectivity index (χ0v) is 16.0. The number of ether oxygens (including phenoxy) is 1. The Labute approximate surface area is 163 Å². The first-order valence-electron chi connectivity index (χ1n) is 10.7. The van der Waals surface area contributed by atoms with Crippen molar-refractivity contribution in [3.8, 4) is 0 Å². The third-order valence-electron chi connectivity index (χ3n) is 7.36. The fourth-order valence-electron chi connectivity index (χ4n) is 5.86. The number of H-pyrrole nitrogens is 1. The lowest BCUT2D eigenvalue weighted by Gasteiger charge is -2.27. The molecule has 1 aromatic rings. The van der Waals surface area contributed by atoms with Crippen LogP contribution in [0.5, 0.6) is 0 Å². The molecule has 2 bridgehead atoms. The maximum atomic E-state index is 13.2. The molecule has 1 N–H and O–H groups in total. The molecule has 0 unspecified atom stereocenters. The topological polar surface area (TPSA) is 78.5 Å². The molecule has 3 fully saturated rings. The highest BCUT2D eigenvalue weighted by molar-refractivity contribution is 5.81. The molecule has 1 aromatic heterocycles. The summed E-state index contributed by atoms with van der Waals surface area (Å²) in [5.41, 5.74) is 1.80. The summed E-state index contributed by atoms with van der Waals surface area (Å²) >= 11 is 0. The number of nitrogens with zero attached hydrogens (tertiary/aromatic N) is 3. The summed E-state index contributed by atoms with van der Waals surface area (Å²) in [4.78, 5) is 38.0. The van der Waals surface area contributed by atoms with Crippen LogP contribution in [0.2, 0.25) is 0 Å². The Kier molecular flexibility index (Phi) is 3.70. The fourth-order valence-corrected chi connectivity index (χ4v) is 5.86. The number of hydrogen-bond acceptors (Lipinski definition) is 5. The summed E-state index contributed by atoms with van der Waals surface area (Å²) in [5, 5.41) is 0. The largest absolute Gasteiger partial charge is 0.366 e. The van der Waals surface area contributed by atoms with Gasteiger partial charge in [-0.15, -0.1) is 0 Å². The molecule has 5 atom stereocenters. The van der Waals surface area contributed by atoms with Crippen LogP contribution in [0.4, 0.5) is 5.95 Å². The van der Waals surface area contributed by atoms with Crippen molar-refractivity contribution in [3.63, 3.8) is 0 Å². The lowest BCUT2D eigenvalue weighted by atomic mass is 9.80. The number of rotatable bonds is 2. The van der Waals surface area contributed by atoms with E-state index < -0.39 is 0 Å². The summed E-state index contributed by atoms with van der Waals surface area (Å²) in [6, 6.07) is 0. The molecule has 148 valence electrons. The highest BCUT2D eigenvalue weighted by Crippen LogP contribution is 2.42. The molecule has 4 aliphatic heterocycles. The first-order valence-corrected chi connectivity index (χ1v) is 10.7. The normalized spacial score (nSPS) is 35.5. The summed E-state index contributed by atoms with van der Waals surface area (Å²) in [6.07, 6.45) is 9.01. The van der Waals surface area contributed by atoms with Gasteiger partial charge in [-0.05, 0) is 38.0 Å². The number of hydrogen-bond donors (Lipinski definition) is 1. The molecule has 0 aromatic carbocycles. The minimum absolute atomic E-state index is 0.0155. The number of anilines is 1. The number of amides is 1. The average molecular weight is 382 g/mol. The quantitative estimate of drug-likeness (QED) is 0.778. The second-order valence-corrected chi connectivity index (χ2v) is 8.96. The Bertz CT molecular complexity index is 903. The van der Waals surface area contributed by atoms with Crippen LogP contribution in [-0.2, 0) is 16.0 Å². The van der Waals surface area contributed by atoms with E-state index in [0.29, 0.717) is 12.5 Å². The third kappa shape index (κ3) is 2.48. The molecule has 0 spiro atoms. The van der Waals surface area contributed by atoms with Gasteiger partial charge in [-0.3, -0.25) is 14.6 Å². The van der Waals surface area contributed by atoms with Gasteiger partial charge in [0.15, 0.2) is 0 Å². The van der Waals surface area contributed by atoms with Crippen LogP contribution < -0.4 is 10.5 Å². The fraction of sp³-hybridized carbons (Fsp3) is 0.667. The van der Waals surface area contributed by atoms with E-state index in [1.54, 1.807) is 0 Å². The molecule has 6 rings (SSSR count). The zero-order valence-electron chi connectivity index (χ0n) is 16.0. The third-order valence-corrected chi connectivity index (χ3v) is 7.36. The summed E-state index contributed by atoms with van der Waals surface area (Å²) in [7, 11) is 0. The monoisotopic (exact) mass is 382 g/mol. The molecule has 28 heavy (non-hydrogen) atoms. The molecule has 3 saturated heterocycles. The summed E-state index contributed by atoms with van der Waals surface area (Å²) in [6.45, 7) is 3.38. The molecule has 5 heterocycles. The SMILES string of the molecule is O=C([C@@H]1C[C@H]2C=C[C@@H]1O2)N1C[C@H]2CCc3c(nc(N4CCCC4)[nH]c3=O)[C@H]2C1. The molecule has 0 radical (unpaired) electrons. The van der Waals surface area contributed by atoms with E-state index in [1.165, 1.54) is 0 Å². The van der Waals surface area contributed by atoms with Gasteiger partial charge in [-0.25, -0.2) is 4.98 Å². The second-order valence-electron chi connectivity index (χ2n) is 8.96. The minimum atomic E-state index is -0.0462. The van der Waals surface area contributed by atoms with Gasteiger partial charge in [0.05, 0.1) is 23.8 Å². The van der Waals surface area contributed by atoms with Gasteiger partial charge in [0.2, 0.25) is 11.9 Å². The molecule has 7 nitrogen and oxygen atoms in total. The van der Waals surface area contributed by atoms with Crippen molar-refractivity contribution in [2.75, 3.05) is 31.1 Å². The molecule has 1 aliphatic carbocycles. The van der Waals surface area contributed by atoms with Gasteiger partial charge in [0.1, 0.15) is 0 Å². The van der Waals surface area contributed by atoms with Crippen molar-refractivity contribution in [2.24, 2.45) is 11.8 Å². The van der Waals surface area contributed by atoms with Crippen LogP contribution >= 0.6 is 0 Å². The highest BCUT2D eigenvalue weighted by atomic mass is 16.5. The Morgan fingerprint density at radius 3 is 2.82 bits per heavy atom. The average Bonchev–Trinajstić information content (AvgIpc) is 3.50. The van der Waals surface area contributed by atoms with Crippen LogP contribution in [0.15, 0.2) is 16.9 Å². The number of carbonyl (C=O) groups is 1. The van der Waals surface area contributed by atoms with Crippen LogP contribution in [0.25, 0.3) is 0 Å². The molecule has 7 heteroatoms. The van der Waals surface area contributed by atoms with Gasteiger partial charge in [-0.2, -0.15) is 0 Å². The molecule has 5 aliphatic rings. The van der Waals surface area contributed by atoms with Crippen molar-refractivity contribution in [1.82, 2.24) is 14.9 Å². The first kappa shape index (κ1) is 16.8. The molecule has 1 amide bonds. The molecule has 0 saturated carbocycles. The Balaban J connectivity index is 1.27. The first-order chi connectivity index (χ1) is 13.7. The van der Waals surface area contributed by atoms with E-state index in [9.17, 15) is 9.59 Å². The van der Waals surface area contributed by atoms with Gasteiger partial charge < -0.3 is 14.5 Å². The van der Waals surface area contributed by atoms with E-state index in [0.717, 1.165) is 68.9 Å². The predicted octanol–water partition coefficient (Wildman–Crippen LogP) is 1.20. The van der Waals surface area contributed by atoms with Crippen molar-refractivity contribution in [2.45, 2.75) is 50.2 Å². The maximum Gasteiger partial charge on any atom is 0.255 e. The van der Waals surface area contributed by atoms with Crippen molar-refractivity contribution in [1.29, 1.82) is 0 Å². The predicted molar refractivity (Wildman–Crippen MR) is 103 cm³/mol. The second kappa shape index (κ2) is 6.17. The number of nitrogens with one attached hydrogen (secondary N) is 1. The summed E-state index contributed by atoms with van der Waals surface area (Å²) in [5.74, 6) is 1.50. The molecular weight excluding hydrogens is 356 g/mol. The maximum absolute atomic E-state index is 13.2. The minimum Gasteiger partial charge on any atom is -0.366 e. The number of fused-ring (bicyclic) bond motifs is 5. The smallest absolute Gasteiger partial charge is 0.255 e. The molecular formula is C21H26N4O3. The van der Waals surface area contributed by atoms with Crippen LogP contribution in [0.1, 0.15) is 42.9 Å². The van der Waals surface area contributed by atoms with Crippen LogP contribution in [-0.4, -0.2) is 59.2 Å². The lowest BCUT2D eigenvalue weighted by molar-refractivity contribution is -0.135. The van der Waals surface area contributed by atoms with Gasteiger partial charge >= 0.3 is 0 Å². The zero-order chi connectivity index (χ0) is 18.8. The van der Waals surface area contributed by atoms with Crippen molar-refractivity contribution in [3.05, 3.63) is 33.8 Å². The van der Waals surface area contributed by atoms with Gasteiger partial charge in [0.25, 0.3) is 5.56 Å². The Morgan fingerprint density at radius 2 is 2.07 bits per heavy atom. The number of aromatic amines is 1.